The maximum absolute atomic E-state index is 13.1. The van der Waals surface area contributed by atoms with Crippen LogP contribution in [0.15, 0.2) is 35.7 Å². The van der Waals surface area contributed by atoms with Gasteiger partial charge < -0.3 is 25.2 Å². The molecule has 1 aromatic rings. The number of methoxy groups -OCH3 is 1. The van der Waals surface area contributed by atoms with E-state index in [-0.39, 0.29) is 6.54 Å². The Morgan fingerprint density at radius 3 is 2.35 bits per heavy atom. The molecule has 1 aromatic carbocycles. The number of hydrogen-bond donors (Lipinski definition) is 3. The molecular formula is C21H27N3O7. The number of nitrogens with one attached hydrogen (secondary N) is 1. The third-order valence-corrected chi connectivity index (χ3v) is 4.94. The molecule has 0 spiro atoms. The molecule has 0 bridgehead atoms. The van der Waals surface area contributed by atoms with E-state index in [0.717, 1.165) is 29.1 Å². The average Bonchev–Trinajstić information content (AvgIpc) is 3.59. The molecule has 0 unspecified atom stereocenters. The molecule has 0 atom stereocenters. The number of rotatable bonds is 12. The van der Waals surface area contributed by atoms with Gasteiger partial charge in [0.25, 0.3) is 11.8 Å². The lowest BCUT2D eigenvalue weighted by atomic mass is 10.1. The zero-order valence-corrected chi connectivity index (χ0v) is 17.5. The van der Waals surface area contributed by atoms with Gasteiger partial charge in [-0.05, 0) is 43.0 Å². The van der Waals surface area contributed by atoms with Crippen molar-refractivity contribution in [2.75, 3.05) is 32.1 Å². The van der Waals surface area contributed by atoms with Crippen LogP contribution in [0.1, 0.15) is 25.7 Å². The molecule has 3 N–H and O–H groups in total. The van der Waals surface area contributed by atoms with Gasteiger partial charge in [0.05, 0.1) is 7.11 Å². The minimum atomic E-state index is -1.32. The third kappa shape index (κ3) is 6.73. The van der Waals surface area contributed by atoms with Crippen LogP contribution in [0, 0.1) is 5.92 Å². The molecule has 2 rings (SSSR count). The van der Waals surface area contributed by atoms with Gasteiger partial charge in [0.15, 0.2) is 5.57 Å². The van der Waals surface area contributed by atoms with Gasteiger partial charge in [-0.2, -0.15) is 0 Å². The first kappa shape index (κ1) is 23.7. The summed E-state index contributed by atoms with van der Waals surface area (Å²) >= 11 is 0. The lowest BCUT2D eigenvalue weighted by Gasteiger charge is -2.23. The van der Waals surface area contributed by atoms with Crippen LogP contribution in [0.3, 0.4) is 0 Å². The topological polar surface area (TPSA) is 136 Å². The second kappa shape index (κ2) is 11.0. The van der Waals surface area contributed by atoms with E-state index in [4.69, 9.17) is 9.84 Å². The monoisotopic (exact) mass is 433 g/mol. The van der Waals surface area contributed by atoms with Gasteiger partial charge in [-0.15, -0.1) is 0 Å². The van der Waals surface area contributed by atoms with E-state index in [1.807, 2.05) is 0 Å². The lowest BCUT2D eigenvalue weighted by Crippen LogP contribution is -2.41. The summed E-state index contributed by atoms with van der Waals surface area (Å²) in [5.41, 5.74) is -0.327. The van der Waals surface area contributed by atoms with E-state index in [1.54, 1.807) is 24.3 Å². The number of amides is 3. The zero-order valence-electron chi connectivity index (χ0n) is 17.5. The Bertz CT molecular complexity index is 847. The number of likely N-dealkylation sites (N-methyl/N-ethyl adjacent to an activating group) is 1. The fourth-order valence-electron chi connectivity index (χ4n) is 2.94. The Balaban J connectivity index is 2.30. The number of carbonyl (C=O) groups excluding carboxylic acids is 3. The molecule has 1 aliphatic rings. The van der Waals surface area contributed by atoms with E-state index < -0.39 is 35.8 Å². The molecule has 10 nitrogen and oxygen atoms in total. The van der Waals surface area contributed by atoms with Gasteiger partial charge in [-0.3, -0.25) is 24.1 Å². The summed E-state index contributed by atoms with van der Waals surface area (Å²) in [5, 5.41) is 21.5. The molecule has 3 amide bonds. The Morgan fingerprint density at radius 2 is 1.84 bits per heavy atom. The Labute approximate surface area is 180 Å². The van der Waals surface area contributed by atoms with Gasteiger partial charge >= 0.3 is 5.97 Å². The summed E-state index contributed by atoms with van der Waals surface area (Å²) in [6.07, 6.45) is 4.08. The highest BCUT2D eigenvalue weighted by Gasteiger charge is 2.30. The molecule has 1 fully saturated rings. The van der Waals surface area contributed by atoms with E-state index in [2.05, 4.69) is 5.32 Å². The number of aliphatic hydroxyl groups is 1. The van der Waals surface area contributed by atoms with Crippen molar-refractivity contribution >= 4 is 29.9 Å². The largest absolute Gasteiger partial charge is 0.497 e. The molecular weight excluding hydrogens is 406 g/mol. The summed E-state index contributed by atoms with van der Waals surface area (Å²) in [5.74, 6) is -2.97. The van der Waals surface area contributed by atoms with Crippen molar-refractivity contribution in [3.63, 3.8) is 0 Å². The number of benzene rings is 1. The maximum Gasteiger partial charge on any atom is 0.322 e. The smallest absolute Gasteiger partial charge is 0.322 e. The third-order valence-electron chi connectivity index (χ3n) is 4.94. The minimum Gasteiger partial charge on any atom is -0.497 e. The van der Waals surface area contributed by atoms with Crippen molar-refractivity contribution < 1.29 is 34.1 Å². The normalized spacial score (nSPS) is 13.6. The van der Waals surface area contributed by atoms with Gasteiger partial charge in [-0.1, -0.05) is 12.8 Å². The number of carboxylic acid groups (broad SMARTS) is 1. The molecule has 1 saturated carbocycles. The fourth-order valence-corrected chi connectivity index (χ4v) is 2.94. The number of aliphatic carboxylic acids is 1. The fraction of sp³-hybridized carbons (Fsp3) is 0.429. The number of aliphatic hydroxyl groups excluding tert-OH is 1. The number of ether oxygens (including phenoxy) is 1. The first-order chi connectivity index (χ1) is 14.8. The van der Waals surface area contributed by atoms with Crippen LogP contribution in [-0.4, -0.2) is 66.6 Å². The number of carbonyl (C=O) groups is 4. The van der Waals surface area contributed by atoms with E-state index in [9.17, 15) is 24.3 Å². The maximum atomic E-state index is 13.1. The second-order valence-electron chi connectivity index (χ2n) is 7.22. The van der Waals surface area contributed by atoms with Crippen molar-refractivity contribution in [2.45, 2.75) is 25.7 Å². The first-order valence-electron chi connectivity index (χ1n) is 9.85. The van der Waals surface area contributed by atoms with Gasteiger partial charge in [0, 0.05) is 19.3 Å². The molecule has 0 aromatic heterocycles. The summed E-state index contributed by atoms with van der Waals surface area (Å²) in [6, 6.07) is 6.38. The quantitative estimate of drug-likeness (QED) is 0.148. The SMILES string of the molecule is COc1ccc(N(C)C(=O)C(C(=O)NCC(=O)O)=C(O)N(C=O)CCCC2CC2)cc1. The molecule has 31 heavy (non-hydrogen) atoms. The van der Waals surface area contributed by atoms with Crippen LogP contribution in [0.4, 0.5) is 5.69 Å². The summed E-state index contributed by atoms with van der Waals surface area (Å²) in [7, 11) is 2.88. The summed E-state index contributed by atoms with van der Waals surface area (Å²) in [6.45, 7) is -0.626. The summed E-state index contributed by atoms with van der Waals surface area (Å²) in [4.78, 5) is 50.0. The minimum absolute atomic E-state index is 0.126. The highest BCUT2D eigenvalue weighted by Crippen LogP contribution is 2.33. The molecule has 10 heteroatoms. The molecule has 1 aliphatic carbocycles. The molecule has 0 aliphatic heterocycles. The Hall–Kier alpha value is -3.56. The number of anilines is 1. The zero-order chi connectivity index (χ0) is 23.0. The predicted octanol–water partition coefficient (Wildman–Crippen LogP) is 1.28. The van der Waals surface area contributed by atoms with Gasteiger partial charge in [-0.25, -0.2) is 0 Å². The standard InChI is InChI=1S/C21H27N3O7/c1-23(15-7-9-16(31-2)10-8-15)20(29)18(19(28)22-12-17(26)27)21(30)24(13-25)11-3-4-14-5-6-14/h7-10,13-14,30H,3-6,11-12H2,1-2H3,(H,22,28)(H,26,27). The number of hydrogen-bond acceptors (Lipinski definition) is 6. The first-order valence-corrected chi connectivity index (χ1v) is 9.85. The number of nitrogens with zero attached hydrogens (tertiary/aromatic N) is 2. The summed E-state index contributed by atoms with van der Waals surface area (Å²) < 4.78 is 5.07. The van der Waals surface area contributed by atoms with Gasteiger partial charge in [0.1, 0.15) is 12.3 Å². The average molecular weight is 433 g/mol. The highest BCUT2D eigenvalue weighted by atomic mass is 16.5. The van der Waals surface area contributed by atoms with Crippen molar-refractivity contribution in [2.24, 2.45) is 5.92 Å². The second-order valence-corrected chi connectivity index (χ2v) is 7.22. The number of carboxylic acids is 1. The van der Waals surface area contributed by atoms with Crippen LogP contribution in [0.25, 0.3) is 0 Å². The van der Waals surface area contributed by atoms with Crippen LogP contribution < -0.4 is 15.0 Å². The molecule has 0 saturated heterocycles. The lowest BCUT2D eigenvalue weighted by molar-refractivity contribution is -0.138. The van der Waals surface area contributed by atoms with E-state index >= 15 is 0 Å². The molecule has 168 valence electrons. The Kier molecular flexibility index (Phi) is 8.42. The Morgan fingerprint density at radius 1 is 1.19 bits per heavy atom. The highest BCUT2D eigenvalue weighted by molar-refractivity contribution is 6.24. The predicted molar refractivity (Wildman–Crippen MR) is 111 cm³/mol. The van der Waals surface area contributed by atoms with Crippen molar-refractivity contribution in [1.82, 2.24) is 10.2 Å². The molecule has 0 radical (unpaired) electrons. The van der Waals surface area contributed by atoms with Gasteiger partial charge in [0.2, 0.25) is 12.3 Å². The van der Waals surface area contributed by atoms with Crippen LogP contribution in [0.5, 0.6) is 5.75 Å². The van der Waals surface area contributed by atoms with Crippen LogP contribution in [0.2, 0.25) is 0 Å². The van der Waals surface area contributed by atoms with Crippen LogP contribution in [-0.2, 0) is 19.2 Å². The van der Waals surface area contributed by atoms with Crippen molar-refractivity contribution in [1.29, 1.82) is 0 Å². The van der Waals surface area contributed by atoms with Crippen LogP contribution >= 0.6 is 0 Å². The van der Waals surface area contributed by atoms with Crippen molar-refractivity contribution in [3.05, 3.63) is 35.7 Å². The van der Waals surface area contributed by atoms with Crippen molar-refractivity contribution in [3.8, 4) is 5.75 Å². The van der Waals surface area contributed by atoms with E-state index in [0.29, 0.717) is 30.2 Å². The van der Waals surface area contributed by atoms with E-state index in [1.165, 1.54) is 14.2 Å². The molecule has 0 heterocycles.